The molecule has 0 aliphatic heterocycles. The minimum atomic E-state index is -3.14. The van der Waals surface area contributed by atoms with Crippen LogP contribution < -0.4 is 0 Å². The third-order valence-electron chi connectivity index (χ3n) is 1.84. The van der Waals surface area contributed by atoms with Gasteiger partial charge in [0, 0.05) is 5.02 Å². The fourth-order valence-corrected chi connectivity index (χ4v) is 2.55. The Kier molecular flexibility index (Phi) is 3.96. The van der Waals surface area contributed by atoms with Crippen LogP contribution in [0.1, 0.15) is 12.8 Å². The normalized spacial score (nSPS) is 11.6. The molecule has 0 fully saturated rings. The van der Waals surface area contributed by atoms with E-state index in [9.17, 15) is 8.42 Å². The summed E-state index contributed by atoms with van der Waals surface area (Å²) in [6.07, 6.45) is 1.22. The van der Waals surface area contributed by atoms with Crippen molar-refractivity contribution in [3.8, 4) is 0 Å². The third-order valence-corrected chi connectivity index (χ3v) is 3.90. The van der Waals surface area contributed by atoms with Crippen molar-refractivity contribution in [2.45, 2.75) is 17.7 Å². The molecule has 0 aliphatic carbocycles. The van der Waals surface area contributed by atoms with Crippen molar-refractivity contribution < 1.29 is 8.42 Å². The molecule has 0 spiro atoms. The molecule has 77 valence electrons. The van der Waals surface area contributed by atoms with E-state index in [4.69, 9.17) is 11.6 Å². The Hall–Kier alpha value is -0.540. The number of benzene rings is 1. The number of unbranched alkanes of at least 4 members (excludes halogenated alkanes) is 1. The van der Waals surface area contributed by atoms with Crippen LogP contribution >= 0.6 is 11.6 Å². The quantitative estimate of drug-likeness (QED) is 0.799. The van der Waals surface area contributed by atoms with Crippen molar-refractivity contribution in [1.82, 2.24) is 0 Å². The van der Waals surface area contributed by atoms with Crippen LogP contribution in [-0.2, 0) is 9.84 Å². The van der Waals surface area contributed by atoms with Crippen molar-refractivity contribution in [2.24, 2.45) is 0 Å². The van der Waals surface area contributed by atoms with Crippen molar-refractivity contribution in [1.29, 1.82) is 0 Å². The molecular formula is C10H12ClO2S. The Balaban J connectivity index is 2.87. The summed E-state index contributed by atoms with van der Waals surface area (Å²) in [5.74, 6) is 0.151. The highest BCUT2D eigenvalue weighted by molar-refractivity contribution is 7.91. The molecule has 14 heavy (non-hydrogen) atoms. The first kappa shape index (κ1) is 11.5. The van der Waals surface area contributed by atoms with Gasteiger partial charge in [0.15, 0.2) is 9.84 Å². The summed E-state index contributed by atoms with van der Waals surface area (Å²) in [6.45, 7) is 3.61. The molecule has 1 aromatic carbocycles. The lowest BCUT2D eigenvalue weighted by Gasteiger charge is -2.02. The lowest BCUT2D eigenvalue weighted by molar-refractivity contribution is 0.593. The predicted molar refractivity (Wildman–Crippen MR) is 58.1 cm³/mol. The zero-order valence-electron chi connectivity index (χ0n) is 7.74. The molecule has 0 heterocycles. The summed E-state index contributed by atoms with van der Waals surface area (Å²) in [6, 6.07) is 6.22. The Labute approximate surface area is 89.8 Å². The Morgan fingerprint density at radius 2 is 1.79 bits per heavy atom. The minimum absolute atomic E-state index is 0.151. The lowest BCUT2D eigenvalue weighted by Crippen LogP contribution is -2.06. The SMILES string of the molecule is [CH2]CCCS(=O)(=O)c1ccc(Cl)cc1. The van der Waals surface area contributed by atoms with Crippen molar-refractivity contribution in [3.63, 3.8) is 0 Å². The van der Waals surface area contributed by atoms with Gasteiger partial charge in [0.2, 0.25) is 0 Å². The molecule has 0 atom stereocenters. The highest BCUT2D eigenvalue weighted by Gasteiger charge is 2.12. The van der Waals surface area contributed by atoms with Gasteiger partial charge in [-0.2, -0.15) is 0 Å². The van der Waals surface area contributed by atoms with E-state index in [-0.39, 0.29) is 5.75 Å². The zero-order valence-corrected chi connectivity index (χ0v) is 9.31. The van der Waals surface area contributed by atoms with E-state index in [0.717, 1.165) is 0 Å². The lowest BCUT2D eigenvalue weighted by atomic mass is 10.4. The van der Waals surface area contributed by atoms with Crippen LogP contribution in [0, 0.1) is 6.92 Å². The second-order valence-electron chi connectivity index (χ2n) is 2.98. The molecule has 0 aliphatic rings. The second-order valence-corrected chi connectivity index (χ2v) is 5.53. The monoisotopic (exact) mass is 231 g/mol. The van der Waals surface area contributed by atoms with Crippen LogP contribution in [0.3, 0.4) is 0 Å². The largest absolute Gasteiger partial charge is 0.224 e. The van der Waals surface area contributed by atoms with Crippen LogP contribution in [0.15, 0.2) is 29.2 Å². The molecule has 1 aromatic rings. The zero-order chi connectivity index (χ0) is 10.6. The maximum Gasteiger partial charge on any atom is 0.178 e. The van der Waals surface area contributed by atoms with E-state index in [2.05, 4.69) is 6.92 Å². The van der Waals surface area contributed by atoms with Gasteiger partial charge in [-0.3, -0.25) is 0 Å². The summed E-state index contributed by atoms with van der Waals surface area (Å²) in [7, 11) is -3.14. The Morgan fingerprint density at radius 3 is 2.29 bits per heavy atom. The minimum Gasteiger partial charge on any atom is -0.224 e. The first-order chi connectivity index (χ1) is 6.56. The van der Waals surface area contributed by atoms with Gasteiger partial charge in [-0.1, -0.05) is 24.9 Å². The second kappa shape index (κ2) is 4.80. The van der Waals surface area contributed by atoms with Gasteiger partial charge in [-0.05, 0) is 30.7 Å². The molecule has 0 unspecified atom stereocenters. The molecule has 0 aromatic heterocycles. The summed E-state index contributed by atoms with van der Waals surface area (Å²) < 4.78 is 23.3. The van der Waals surface area contributed by atoms with Gasteiger partial charge in [0.05, 0.1) is 10.6 Å². The number of hydrogen-bond acceptors (Lipinski definition) is 2. The highest BCUT2D eigenvalue weighted by atomic mass is 35.5. The van der Waals surface area contributed by atoms with E-state index >= 15 is 0 Å². The van der Waals surface area contributed by atoms with E-state index < -0.39 is 9.84 Å². The molecule has 1 rings (SSSR count). The van der Waals surface area contributed by atoms with Gasteiger partial charge < -0.3 is 0 Å². The van der Waals surface area contributed by atoms with E-state index in [1.165, 1.54) is 12.1 Å². The number of hydrogen-bond donors (Lipinski definition) is 0. The van der Waals surface area contributed by atoms with E-state index in [0.29, 0.717) is 22.8 Å². The summed E-state index contributed by atoms with van der Waals surface area (Å²) in [5.41, 5.74) is 0. The predicted octanol–water partition coefficient (Wildman–Crippen LogP) is 2.73. The van der Waals surface area contributed by atoms with Gasteiger partial charge in [-0.25, -0.2) is 8.42 Å². The molecule has 4 heteroatoms. The van der Waals surface area contributed by atoms with Crippen LogP contribution in [0.25, 0.3) is 0 Å². The molecule has 0 bridgehead atoms. The first-order valence-electron chi connectivity index (χ1n) is 4.34. The molecular weight excluding hydrogens is 220 g/mol. The number of halogens is 1. The maximum absolute atomic E-state index is 11.6. The number of sulfone groups is 1. The molecule has 0 N–H and O–H groups in total. The average Bonchev–Trinajstić information content (AvgIpc) is 2.16. The number of rotatable bonds is 4. The van der Waals surface area contributed by atoms with Crippen molar-refractivity contribution in [3.05, 3.63) is 36.2 Å². The van der Waals surface area contributed by atoms with Crippen LogP contribution in [0.2, 0.25) is 5.02 Å². The van der Waals surface area contributed by atoms with Crippen molar-refractivity contribution in [2.75, 3.05) is 5.75 Å². The summed E-state index contributed by atoms with van der Waals surface area (Å²) >= 11 is 5.66. The molecule has 2 nitrogen and oxygen atoms in total. The fourth-order valence-electron chi connectivity index (χ4n) is 1.05. The smallest absolute Gasteiger partial charge is 0.178 e. The maximum atomic E-state index is 11.6. The summed E-state index contributed by atoms with van der Waals surface area (Å²) in [5, 5.41) is 0.543. The molecule has 0 amide bonds. The first-order valence-corrected chi connectivity index (χ1v) is 6.37. The van der Waals surface area contributed by atoms with Gasteiger partial charge in [0.1, 0.15) is 0 Å². The van der Waals surface area contributed by atoms with E-state index in [1.807, 2.05) is 0 Å². The topological polar surface area (TPSA) is 34.1 Å². The fraction of sp³-hybridized carbons (Fsp3) is 0.300. The van der Waals surface area contributed by atoms with Gasteiger partial charge in [-0.15, -0.1) is 0 Å². The standard InChI is InChI=1S/C10H12ClO2S/c1-2-3-8-14(12,13)10-6-4-9(11)5-7-10/h4-7H,1-3,8H2. The van der Waals surface area contributed by atoms with Crippen LogP contribution in [-0.4, -0.2) is 14.2 Å². The van der Waals surface area contributed by atoms with E-state index in [1.54, 1.807) is 12.1 Å². The van der Waals surface area contributed by atoms with Gasteiger partial charge in [0.25, 0.3) is 0 Å². The molecule has 0 saturated carbocycles. The highest BCUT2D eigenvalue weighted by Crippen LogP contribution is 2.16. The van der Waals surface area contributed by atoms with Crippen LogP contribution in [0.4, 0.5) is 0 Å². The average molecular weight is 232 g/mol. The molecule has 1 radical (unpaired) electrons. The summed E-state index contributed by atoms with van der Waals surface area (Å²) in [4.78, 5) is 0.329. The Bertz CT molecular complexity index is 381. The third kappa shape index (κ3) is 3.00. The van der Waals surface area contributed by atoms with Gasteiger partial charge >= 0.3 is 0 Å². The Morgan fingerprint density at radius 1 is 1.21 bits per heavy atom. The molecule has 0 saturated heterocycles. The van der Waals surface area contributed by atoms with Crippen LogP contribution in [0.5, 0.6) is 0 Å². The van der Waals surface area contributed by atoms with Crippen molar-refractivity contribution >= 4 is 21.4 Å².